The Labute approximate surface area is 157 Å². The summed E-state index contributed by atoms with van der Waals surface area (Å²) >= 11 is 0. The first-order chi connectivity index (χ1) is 13.4. The number of aromatic nitrogens is 2. The maximum Gasteiger partial charge on any atom is 0.287 e. The Morgan fingerprint density at radius 1 is 1.21 bits per heavy atom. The van der Waals surface area contributed by atoms with Gasteiger partial charge in [0.25, 0.3) is 11.5 Å². The number of carbonyl (C=O) groups excluding carboxylic acids is 1. The number of carbonyl (C=O) groups is 1. The van der Waals surface area contributed by atoms with Gasteiger partial charge in [0.15, 0.2) is 17.4 Å². The number of H-pyrrole nitrogens is 1. The second-order valence-corrected chi connectivity index (χ2v) is 5.99. The van der Waals surface area contributed by atoms with Crippen LogP contribution in [0.1, 0.15) is 21.7 Å². The van der Waals surface area contributed by atoms with Crippen LogP contribution >= 0.6 is 0 Å². The molecular weight excluding hydrogens is 375 g/mol. The number of hydrogen-bond acceptors (Lipinski definition) is 4. The first kappa shape index (κ1) is 19.4. The zero-order valence-corrected chi connectivity index (χ0v) is 14.8. The van der Waals surface area contributed by atoms with Crippen LogP contribution in [-0.4, -0.2) is 29.2 Å². The van der Waals surface area contributed by atoms with Crippen molar-refractivity contribution in [2.45, 2.75) is 13.5 Å². The summed E-state index contributed by atoms with van der Waals surface area (Å²) in [4.78, 5) is 30.9. The summed E-state index contributed by atoms with van der Waals surface area (Å²) in [6, 6.07) is 6.65. The topological polar surface area (TPSA) is 84.1 Å². The van der Waals surface area contributed by atoms with Crippen LogP contribution in [0.15, 0.2) is 35.1 Å². The maximum absolute atomic E-state index is 13.9. The summed E-state index contributed by atoms with van der Waals surface area (Å²) in [7, 11) is 0. The molecule has 3 aromatic rings. The predicted molar refractivity (Wildman–Crippen MR) is 96.1 cm³/mol. The molecule has 0 fully saturated rings. The van der Waals surface area contributed by atoms with Gasteiger partial charge in [-0.05, 0) is 36.2 Å². The van der Waals surface area contributed by atoms with E-state index in [1.165, 1.54) is 18.2 Å². The second kappa shape index (κ2) is 8.12. The molecule has 0 saturated carbocycles. The summed E-state index contributed by atoms with van der Waals surface area (Å²) in [6.45, 7) is 0.417. The number of halogens is 3. The lowest BCUT2D eigenvalue weighted by Crippen LogP contribution is -2.27. The molecule has 1 heterocycles. The second-order valence-electron chi connectivity index (χ2n) is 5.99. The molecule has 0 aliphatic heterocycles. The van der Waals surface area contributed by atoms with Gasteiger partial charge in [-0.15, -0.1) is 0 Å². The van der Waals surface area contributed by atoms with Crippen LogP contribution in [0.4, 0.5) is 13.2 Å². The van der Waals surface area contributed by atoms with E-state index in [-0.39, 0.29) is 29.1 Å². The van der Waals surface area contributed by atoms with Crippen molar-refractivity contribution < 1.29 is 22.7 Å². The predicted octanol–water partition coefficient (Wildman–Crippen LogP) is 2.79. The molecule has 0 saturated heterocycles. The Bertz CT molecular complexity index is 1100. The molecule has 0 atom stereocenters. The number of aromatic amines is 1. The van der Waals surface area contributed by atoms with Gasteiger partial charge in [-0.3, -0.25) is 9.59 Å². The third-order valence-electron chi connectivity index (χ3n) is 3.99. The smallest absolute Gasteiger partial charge is 0.287 e. The fourth-order valence-corrected chi connectivity index (χ4v) is 2.65. The van der Waals surface area contributed by atoms with Crippen molar-refractivity contribution in [3.63, 3.8) is 0 Å². The van der Waals surface area contributed by atoms with Gasteiger partial charge in [-0.1, -0.05) is 12.1 Å². The molecule has 0 radical (unpaired) electrons. The molecule has 6 nitrogen and oxygen atoms in total. The molecule has 0 spiro atoms. The van der Waals surface area contributed by atoms with Crippen LogP contribution in [0.25, 0.3) is 10.9 Å². The average molecular weight is 391 g/mol. The molecule has 2 aromatic carbocycles. The van der Waals surface area contributed by atoms with Crippen LogP contribution < -0.4 is 15.6 Å². The van der Waals surface area contributed by atoms with Crippen LogP contribution in [-0.2, 0) is 6.54 Å². The highest BCUT2D eigenvalue weighted by molar-refractivity contribution is 5.93. The highest BCUT2D eigenvalue weighted by Gasteiger charge is 2.17. The fourth-order valence-electron chi connectivity index (χ4n) is 2.65. The zero-order valence-electron chi connectivity index (χ0n) is 14.8. The third-order valence-corrected chi connectivity index (χ3v) is 3.99. The summed E-state index contributed by atoms with van der Waals surface area (Å²) in [5.74, 6) is -2.56. The van der Waals surface area contributed by atoms with Crippen molar-refractivity contribution in [3.05, 3.63) is 69.3 Å². The van der Waals surface area contributed by atoms with Gasteiger partial charge in [-0.2, -0.15) is 0 Å². The minimum Gasteiger partial charge on any atom is -0.487 e. The lowest BCUT2D eigenvalue weighted by Gasteiger charge is -2.10. The number of nitrogens with one attached hydrogen (secondary N) is 2. The maximum atomic E-state index is 13.9. The number of rotatable bonds is 6. The number of benzene rings is 2. The number of ether oxygens (including phenoxy) is 1. The minimum atomic E-state index is -0.857. The van der Waals surface area contributed by atoms with Crippen molar-refractivity contribution in [3.8, 4) is 5.75 Å². The molecule has 0 aliphatic carbocycles. The lowest BCUT2D eigenvalue weighted by molar-refractivity contribution is 0.0940. The molecule has 146 valence electrons. The monoisotopic (exact) mass is 391 g/mol. The van der Waals surface area contributed by atoms with Gasteiger partial charge < -0.3 is 15.0 Å². The van der Waals surface area contributed by atoms with Crippen LogP contribution in [0.2, 0.25) is 0 Å². The number of aryl methyl sites for hydroxylation is 1. The number of fused-ring (bicyclic) bond motifs is 1. The van der Waals surface area contributed by atoms with Gasteiger partial charge in [0.2, 0.25) is 0 Å². The normalized spacial score (nSPS) is 10.9. The fraction of sp³-hybridized carbons (Fsp3) is 0.211. The molecule has 3 rings (SSSR count). The Morgan fingerprint density at radius 2 is 1.96 bits per heavy atom. The quantitative estimate of drug-likeness (QED) is 0.677. The largest absolute Gasteiger partial charge is 0.487 e. The Morgan fingerprint density at radius 3 is 2.68 bits per heavy atom. The summed E-state index contributed by atoms with van der Waals surface area (Å²) in [5, 5.41) is 2.36. The van der Waals surface area contributed by atoms with E-state index in [9.17, 15) is 22.8 Å². The SMILES string of the molecule is Cc1cc(CNC(=O)c2nc3ccc(F)c(OCCF)c3c(=O)[nH]2)ccc1F. The van der Waals surface area contributed by atoms with Crippen molar-refractivity contribution in [1.29, 1.82) is 0 Å². The first-order valence-corrected chi connectivity index (χ1v) is 8.35. The van der Waals surface area contributed by atoms with E-state index < -0.39 is 36.3 Å². The standard InChI is InChI=1S/C19H16F3N3O3/c1-10-8-11(2-3-12(10)21)9-23-19(27)17-24-14-5-4-13(22)16(28-7-6-20)15(14)18(26)25-17/h2-5,8H,6-7,9H2,1H3,(H,23,27)(H,24,25,26). The van der Waals surface area contributed by atoms with E-state index in [2.05, 4.69) is 15.3 Å². The molecule has 0 bridgehead atoms. The van der Waals surface area contributed by atoms with Crippen molar-refractivity contribution in [1.82, 2.24) is 15.3 Å². The van der Waals surface area contributed by atoms with Crippen molar-refractivity contribution in [2.24, 2.45) is 0 Å². The zero-order chi connectivity index (χ0) is 20.3. The Hall–Kier alpha value is -3.36. The third kappa shape index (κ3) is 3.98. The minimum absolute atomic E-state index is 0.0294. The average Bonchev–Trinajstić information content (AvgIpc) is 2.68. The van der Waals surface area contributed by atoms with Crippen LogP contribution in [0, 0.1) is 18.6 Å². The molecule has 9 heteroatoms. The van der Waals surface area contributed by atoms with E-state index in [1.54, 1.807) is 13.0 Å². The number of alkyl halides is 1. The highest BCUT2D eigenvalue weighted by atomic mass is 19.1. The van der Waals surface area contributed by atoms with E-state index in [0.717, 1.165) is 6.07 Å². The molecular formula is C19H16F3N3O3. The summed E-state index contributed by atoms with van der Waals surface area (Å²) in [5.41, 5.74) is 0.342. The highest BCUT2D eigenvalue weighted by Crippen LogP contribution is 2.25. The molecule has 1 aromatic heterocycles. The number of hydrogen-bond donors (Lipinski definition) is 2. The molecule has 0 aliphatic rings. The summed E-state index contributed by atoms with van der Waals surface area (Å²) in [6.07, 6.45) is 0. The van der Waals surface area contributed by atoms with Gasteiger partial charge in [0.05, 0.1) is 5.52 Å². The first-order valence-electron chi connectivity index (χ1n) is 8.35. The molecule has 1 amide bonds. The van der Waals surface area contributed by atoms with Crippen molar-refractivity contribution in [2.75, 3.05) is 13.3 Å². The Balaban J connectivity index is 1.87. The van der Waals surface area contributed by atoms with Crippen LogP contribution in [0.3, 0.4) is 0 Å². The number of amides is 1. The molecule has 28 heavy (non-hydrogen) atoms. The van der Waals surface area contributed by atoms with Gasteiger partial charge in [0.1, 0.15) is 24.5 Å². The van der Waals surface area contributed by atoms with E-state index >= 15 is 0 Å². The van der Waals surface area contributed by atoms with Gasteiger partial charge >= 0.3 is 0 Å². The van der Waals surface area contributed by atoms with E-state index in [4.69, 9.17) is 4.74 Å². The van der Waals surface area contributed by atoms with Crippen molar-refractivity contribution >= 4 is 16.8 Å². The van der Waals surface area contributed by atoms with Gasteiger partial charge in [0, 0.05) is 6.54 Å². The van der Waals surface area contributed by atoms with E-state index in [1.807, 2.05) is 0 Å². The number of nitrogens with zero attached hydrogens (tertiary/aromatic N) is 1. The van der Waals surface area contributed by atoms with Gasteiger partial charge in [-0.25, -0.2) is 18.2 Å². The summed E-state index contributed by atoms with van der Waals surface area (Å²) < 4.78 is 44.5. The lowest BCUT2D eigenvalue weighted by atomic mass is 10.1. The van der Waals surface area contributed by atoms with Crippen LogP contribution in [0.5, 0.6) is 5.75 Å². The molecule has 0 unspecified atom stereocenters. The Kier molecular flexibility index (Phi) is 5.62. The van der Waals surface area contributed by atoms with E-state index in [0.29, 0.717) is 11.1 Å². The molecule has 2 N–H and O–H groups in total.